The maximum absolute atomic E-state index is 5.00. The highest BCUT2D eigenvalue weighted by Gasteiger charge is 2.10. The van der Waals surface area contributed by atoms with E-state index < -0.39 is 0 Å². The van der Waals surface area contributed by atoms with Gasteiger partial charge in [-0.15, -0.1) is 0 Å². The predicted molar refractivity (Wildman–Crippen MR) is 28.8 cm³/mol. The lowest BCUT2D eigenvalue weighted by atomic mass is 10.7. The van der Waals surface area contributed by atoms with Gasteiger partial charge in [-0.25, -0.2) is 0 Å². The van der Waals surface area contributed by atoms with Crippen LogP contribution in [-0.2, 0) is 9.16 Å². The van der Waals surface area contributed by atoms with Crippen LogP contribution in [0.3, 0.4) is 0 Å². The molecule has 0 bridgehead atoms. The average molecular weight is 119 g/mol. The summed E-state index contributed by atoms with van der Waals surface area (Å²) in [4.78, 5) is 0. The monoisotopic (exact) mass is 119 g/mol. The average Bonchev–Trinajstić information content (AvgIpc) is 2.14. The van der Waals surface area contributed by atoms with E-state index in [-0.39, 0.29) is 6.41 Å². The smallest absolute Gasteiger partial charge is 0.205 e. The minimum Gasteiger partial charge on any atom is -0.392 e. The van der Waals surface area contributed by atoms with Crippen molar-refractivity contribution in [1.82, 2.24) is 5.32 Å². The zero-order valence-corrected chi connectivity index (χ0v) is 6.31. The van der Waals surface area contributed by atoms with Gasteiger partial charge in [0.05, 0.1) is 6.61 Å². The topological polar surface area (TPSA) is 30.5 Å². The highest BCUT2D eigenvalue weighted by atomic mass is 28.2. The second kappa shape index (κ2) is 2.42. The molecule has 0 spiro atoms. The lowest BCUT2D eigenvalue weighted by Gasteiger charge is -2.04. The van der Waals surface area contributed by atoms with Crippen LogP contribution in [0.25, 0.3) is 0 Å². The molecule has 0 radical (unpaired) electrons. The second-order valence-corrected chi connectivity index (χ2v) is 1.86. The lowest BCUT2D eigenvalue weighted by molar-refractivity contribution is -0.0472. The van der Waals surface area contributed by atoms with Crippen molar-refractivity contribution in [3.05, 3.63) is 0 Å². The van der Waals surface area contributed by atoms with E-state index in [0.717, 1.165) is 23.6 Å². The van der Waals surface area contributed by atoms with Crippen LogP contribution in [0.1, 0.15) is 0 Å². The Labute approximate surface area is 45.5 Å². The normalized spacial score (nSPS) is 31.7. The van der Waals surface area contributed by atoms with E-state index in [1.807, 2.05) is 0 Å². The fourth-order valence-corrected chi connectivity index (χ4v) is 0.856. The molecule has 42 valence electrons. The quantitative estimate of drug-likeness (QED) is 0.413. The molecule has 1 heterocycles. The molecular weight excluding hydrogens is 110 g/mol. The van der Waals surface area contributed by atoms with Gasteiger partial charge in [-0.1, -0.05) is 0 Å². The zero-order chi connectivity index (χ0) is 5.11. The molecule has 0 saturated carbocycles. The molecule has 1 N–H and O–H groups in total. The Hall–Kier alpha value is 0.0969. The van der Waals surface area contributed by atoms with Crippen LogP contribution < -0.4 is 5.32 Å². The summed E-state index contributed by atoms with van der Waals surface area (Å²) in [5, 5.41) is 3.00. The first-order valence-electron chi connectivity index (χ1n) is 2.31. The van der Waals surface area contributed by atoms with Crippen LogP contribution in [0.15, 0.2) is 0 Å². The van der Waals surface area contributed by atoms with Crippen molar-refractivity contribution in [2.75, 3.05) is 13.2 Å². The Morgan fingerprint density at radius 1 is 1.86 bits per heavy atom. The molecule has 1 aliphatic rings. The van der Waals surface area contributed by atoms with Gasteiger partial charge in [-0.05, 0) is 0 Å². The summed E-state index contributed by atoms with van der Waals surface area (Å²) in [5.41, 5.74) is 0. The fourth-order valence-electron chi connectivity index (χ4n) is 0.553. The minimum atomic E-state index is -0.0910. The number of ether oxygens (including phenoxy) is 1. The molecule has 1 aliphatic heterocycles. The fraction of sp³-hybridized carbons (Fsp3) is 1.00. The number of hydrogen-bond acceptors (Lipinski definition) is 3. The van der Waals surface area contributed by atoms with Gasteiger partial charge in [0.2, 0.25) is 6.41 Å². The highest BCUT2D eigenvalue weighted by Crippen LogP contribution is 1.92. The Balaban J connectivity index is 2.14. The predicted octanol–water partition coefficient (Wildman–Crippen LogP) is -1.81. The standard InChI is InChI=1S/C3H9NO2Si/c7-6-3-4-1-2-5-3/h3-4H,1-2H2,7H3. The van der Waals surface area contributed by atoms with Crippen LogP contribution in [0.4, 0.5) is 0 Å². The largest absolute Gasteiger partial charge is 0.392 e. The van der Waals surface area contributed by atoms with E-state index in [2.05, 4.69) is 5.32 Å². The summed E-state index contributed by atoms with van der Waals surface area (Å²) >= 11 is 0. The van der Waals surface area contributed by atoms with Crippen LogP contribution in [-0.4, -0.2) is 30.1 Å². The third kappa shape index (κ3) is 1.24. The molecule has 3 nitrogen and oxygen atoms in total. The summed E-state index contributed by atoms with van der Waals surface area (Å²) in [7, 11) is 0.744. The number of rotatable bonds is 1. The Morgan fingerprint density at radius 2 is 2.71 bits per heavy atom. The molecule has 4 heteroatoms. The van der Waals surface area contributed by atoms with Gasteiger partial charge in [0, 0.05) is 6.54 Å². The summed E-state index contributed by atoms with van der Waals surface area (Å²) in [6.07, 6.45) is -0.0910. The maximum Gasteiger partial charge on any atom is 0.205 e. The van der Waals surface area contributed by atoms with Crippen molar-refractivity contribution in [3.63, 3.8) is 0 Å². The van der Waals surface area contributed by atoms with Crippen molar-refractivity contribution < 1.29 is 9.16 Å². The van der Waals surface area contributed by atoms with Crippen molar-refractivity contribution in [1.29, 1.82) is 0 Å². The minimum absolute atomic E-state index is 0.0910. The van der Waals surface area contributed by atoms with Crippen molar-refractivity contribution >= 4 is 10.5 Å². The molecule has 7 heavy (non-hydrogen) atoms. The summed E-state index contributed by atoms with van der Waals surface area (Å²) in [6, 6.07) is 0. The Bertz CT molecular complexity index is 54.9. The third-order valence-corrected chi connectivity index (χ3v) is 1.32. The molecule has 1 unspecified atom stereocenters. The van der Waals surface area contributed by atoms with Gasteiger partial charge in [0.15, 0.2) is 10.5 Å². The molecule has 0 amide bonds. The second-order valence-electron chi connectivity index (χ2n) is 1.39. The van der Waals surface area contributed by atoms with Crippen molar-refractivity contribution in [2.24, 2.45) is 0 Å². The molecule has 1 saturated heterocycles. The molecule has 0 aromatic carbocycles. The van der Waals surface area contributed by atoms with Crippen LogP contribution >= 0.6 is 0 Å². The third-order valence-electron chi connectivity index (χ3n) is 0.896. The number of hydrogen-bond donors (Lipinski definition) is 1. The first-order valence-corrected chi connectivity index (χ1v) is 3.13. The van der Waals surface area contributed by atoms with Crippen LogP contribution in [0.5, 0.6) is 0 Å². The summed E-state index contributed by atoms with van der Waals surface area (Å²) in [6.45, 7) is 1.71. The molecule has 0 aliphatic carbocycles. The lowest BCUT2D eigenvalue weighted by Crippen LogP contribution is -2.24. The first kappa shape index (κ1) is 5.24. The van der Waals surface area contributed by atoms with Gasteiger partial charge >= 0.3 is 0 Å². The Kier molecular flexibility index (Phi) is 1.81. The van der Waals surface area contributed by atoms with Gasteiger partial charge in [0.25, 0.3) is 0 Å². The zero-order valence-electron chi connectivity index (χ0n) is 4.31. The van der Waals surface area contributed by atoms with E-state index in [4.69, 9.17) is 9.16 Å². The highest BCUT2D eigenvalue weighted by molar-refractivity contribution is 5.98. The van der Waals surface area contributed by atoms with Gasteiger partial charge in [-0.3, -0.25) is 5.32 Å². The van der Waals surface area contributed by atoms with E-state index in [1.165, 1.54) is 0 Å². The molecule has 1 rings (SSSR count). The van der Waals surface area contributed by atoms with Gasteiger partial charge in [0.1, 0.15) is 0 Å². The Morgan fingerprint density at radius 3 is 3.00 bits per heavy atom. The SMILES string of the molecule is [SiH3]OC1NCCO1. The van der Waals surface area contributed by atoms with Gasteiger partial charge in [-0.2, -0.15) is 0 Å². The van der Waals surface area contributed by atoms with E-state index >= 15 is 0 Å². The maximum atomic E-state index is 5.00. The molecule has 1 fully saturated rings. The molecular formula is C3H9NO2Si. The molecule has 1 atom stereocenters. The van der Waals surface area contributed by atoms with Crippen LogP contribution in [0.2, 0.25) is 0 Å². The molecule has 0 aromatic heterocycles. The van der Waals surface area contributed by atoms with Crippen LogP contribution in [0, 0.1) is 0 Å². The number of nitrogens with one attached hydrogen (secondary N) is 1. The molecule has 0 aromatic rings. The summed E-state index contributed by atoms with van der Waals surface area (Å²) in [5.74, 6) is 0. The van der Waals surface area contributed by atoms with Crippen molar-refractivity contribution in [2.45, 2.75) is 6.41 Å². The van der Waals surface area contributed by atoms with Gasteiger partial charge < -0.3 is 9.16 Å². The van der Waals surface area contributed by atoms with E-state index in [0.29, 0.717) is 0 Å². The van der Waals surface area contributed by atoms with E-state index in [1.54, 1.807) is 0 Å². The first-order chi connectivity index (χ1) is 3.43. The van der Waals surface area contributed by atoms with E-state index in [9.17, 15) is 0 Å². The van der Waals surface area contributed by atoms with Crippen molar-refractivity contribution in [3.8, 4) is 0 Å². The summed E-state index contributed by atoms with van der Waals surface area (Å²) < 4.78 is 9.92.